The molecule has 0 fully saturated rings. The van der Waals surface area contributed by atoms with E-state index in [2.05, 4.69) is 10.1 Å². The van der Waals surface area contributed by atoms with Gasteiger partial charge in [-0.1, -0.05) is 35.8 Å². The fraction of sp³-hybridized carbons (Fsp3) is 0.333. The molecule has 0 radical (unpaired) electrons. The van der Waals surface area contributed by atoms with Crippen LogP contribution < -0.4 is 5.73 Å². The van der Waals surface area contributed by atoms with Gasteiger partial charge in [0.25, 0.3) is 0 Å². The Morgan fingerprint density at radius 3 is 2.82 bits per heavy atom. The molecule has 1 heterocycles. The Bertz CT molecular complexity index is 494. The molecule has 2 rings (SSSR count). The van der Waals surface area contributed by atoms with Gasteiger partial charge in [-0.15, -0.1) is 0 Å². The van der Waals surface area contributed by atoms with Crippen molar-refractivity contribution in [1.82, 2.24) is 10.1 Å². The first-order valence-electron chi connectivity index (χ1n) is 5.54. The Morgan fingerprint density at radius 1 is 1.41 bits per heavy atom. The molecule has 1 aromatic heterocycles. The number of aromatic nitrogens is 2. The third kappa shape index (κ3) is 2.48. The minimum absolute atomic E-state index is 0.110. The van der Waals surface area contributed by atoms with E-state index in [0.717, 1.165) is 12.0 Å². The molecule has 1 atom stereocenters. The summed E-state index contributed by atoms with van der Waals surface area (Å²) >= 11 is 6.07. The number of nitrogens with zero attached hydrogens (tertiary/aromatic N) is 2. The molecule has 0 aliphatic rings. The molecule has 2 aromatic rings. The van der Waals surface area contributed by atoms with E-state index in [-0.39, 0.29) is 5.92 Å². The van der Waals surface area contributed by atoms with Gasteiger partial charge in [-0.05, 0) is 18.6 Å². The van der Waals surface area contributed by atoms with Gasteiger partial charge in [-0.2, -0.15) is 4.98 Å². The molecule has 0 aliphatic carbocycles. The van der Waals surface area contributed by atoms with E-state index in [1.54, 1.807) is 6.07 Å². The first-order valence-corrected chi connectivity index (χ1v) is 5.92. The van der Waals surface area contributed by atoms with Crippen LogP contribution in [0.2, 0.25) is 5.02 Å². The van der Waals surface area contributed by atoms with Gasteiger partial charge in [0, 0.05) is 12.1 Å². The maximum atomic E-state index is 6.07. The van der Waals surface area contributed by atoms with Gasteiger partial charge in [-0.25, -0.2) is 0 Å². The van der Waals surface area contributed by atoms with Gasteiger partial charge >= 0.3 is 0 Å². The zero-order chi connectivity index (χ0) is 12.3. The molecule has 90 valence electrons. The van der Waals surface area contributed by atoms with E-state index in [9.17, 15) is 0 Å². The molecule has 0 aliphatic heterocycles. The van der Waals surface area contributed by atoms with Crippen LogP contribution in [0.1, 0.15) is 25.2 Å². The van der Waals surface area contributed by atoms with Crippen LogP contribution in [0.3, 0.4) is 0 Å². The highest BCUT2D eigenvalue weighted by Crippen LogP contribution is 2.26. The van der Waals surface area contributed by atoms with Crippen molar-refractivity contribution >= 4 is 11.6 Å². The highest BCUT2D eigenvalue weighted by molar-refractivity contribution is 6.33. The molecule has 0 saturated heterocycles. The van der Waals surface area contributed by atoms with Crippen molar-refractivity contribution < 1.29 is 4.52 Å². The summed E-state index contributed by atoms with van der Waals surface area (Å²) in [5.41, 5.74) is 6.41. The van der Waals surface area contributed by atoms with E-state index in [4.69, 9.17) is 21.9 Å². The second-order valence-electron chi connectivity index (χ2n) is 3.78. The van der Waals surface area contributed by atoms with Gasteiger partial charge in [-0.3, -0.25) is 0 Å². The summed E-state index contributed by atoms with van der Waals surface area (Å²) in [6.45, 7) is 2.54. The maximum Gasteiger partial charge on any atom is 0.231 e. The Balaban J connectivity index is 2.33. The summed E-state index contributed by atoms with van der Waals surface area (Å²) in [5, 5.41) is 4.55. The fourth-order valence-electron chi connectivity index (χ4n) is 1.60. The van der Waals surface area contributed by atoms with Crippen LogP contribution in [-0.2, 0) is 0 Å². The molecule has 1 aromatic carbocycles. The molecule has 17 heavy (non-hydrogen) atoms. The first-order chi connectivity index (χ1) is 8.26. The van der Waals surface area contributed by atoms with Gasteiger partial charge < -0.3 is 10.3 Å². The van der Waals surface area contributed by atoms with E-state index in [1.165, 1.54) is 0 Å². The van der Waals surface area contributed by atoms with Crippen molar-refractivity contribution in [3.8, 4) is 11.4 Å². The predicted molar refractivity (Wildman–Crippen MR) is 66.8 cm³/mol. The van der Waals surface area contributed by atoms with Crippen molar-refractivity contribution in [2.24, 2.45) is 5.73 Å². The summed E-state index contributed by atoms with van der Waals surface area (Å²) in [6, 6.07) is 7.41. The fourth-order valence-corrected chi connectivity index (χ4v) is 1.82. The van der Waals surface area contributed by atoms with Gasteiger partial charge in [0.1, 0.15) is 0 Å². The van der Waals surface area contributed by atoms with Crippen LogP contribution in [0.5, 0.6) is 0 Å². The summed E-state index contributed by atoms with van der Waals surface area (Å²) in [7, 11) is 0. The number of rotatable bonds is 4. The molecule has 0 bridgehead atoms. The molecular weight excluding hydrogens is 238 g/mol. The van der Waals surface area contributed by atoms with Crippen molar-refractivity contribution in [1.29, 1.82) is 0 Å². The van der Waals surface area contributed by atoms with Crippen LogP contribution in [0.15, 0.2) is 28.8 Å². The zero-order valence-electron chi connectivity index (χ0n) is 9.56. The van der Waals surface area contributed by atoms with E-state index < -0.39 is 0 Å². The monoisotopic (exact) mass is 251 g/mol. The Kier molecular flexibility index (Phi) is 3.76. The van der Waals surface area contributed by atoms with Crippen molar-refractivity contribution in [2.75, 3.05) is 6.54 Å². The molecule has 1 unspecified atom stereocenters. The largest absolute Gasteiger partial charge is 0.339 e. The molecule has 5 heteroatoms. The van der Waals surface area contributed by atoms with Crippen LogP contribution in [-0.4, -0.2) is 16.7 Å². The van der Waals surface area contributed by atoms with Crippen LogP contribution in [0.4, 0.5) is 0 Å². The van der Waals surface area contributed by atoms with Crippen LogP contribution in [0, 0.1) is 0 Å². The Hall–Kier alpha value is -1.39. The molecule has 2 N–H and O–H groups in total. The van der Waals surface area contributed by atoms with E-state index >= 15 is 0 Å². The molecular formula is C12H14ClN3O. The summed E-state index contributed by atoms with van der Waals surface area (Å²) < 4.78 is 5.22. The quantitative estimate of drug-likeness (QED) is 0.908. The number of nitrogens with two attached hydrogens (primary N) is 1. The topological polar surface area (TPSA) is 64.9 Å². The average molecular weight is 252 g/mol. The summed E-state index contributed by atoms with van der Waals surface area (Å²) in [5.74, 6) is 1.20. The maximum absolute atomic E-state index is 6.07. The third-order valence-electron chi connectivity index (χ3n) is 2.68. The van der Waals surface area contributed by atoms with Gasteiger partial charge in [0.15, 0.2) is 0 Å². The normalized spacial score (nSPS) is 12.6. The number of benzene rings is 1. The lowest BCUT2D eigenvalue weighted by Gasteiger charge is -2.04. The lowest BCUT2D eigenvalue weighted by molar-refractivity contribution is 0.351. The second-order valence-corrected chi connectivity index (χ2v) is 4.18. The van der Waals surface area contributed by atoms with E-state index in [0.29, 0.717) is 23.3 Å². The number of hydrogen-bond acceptors (Lipinski definition) is 4. The molecule has 4 nitrogen and oxygen atoms in total. The number of halogens is 1. The van der Waals surface area contributed by atoms with Gasteiger partial charge in [0.2, 0.25) is 11.7 Å². The summed E-state index contributed by atoms with van der Waals surface area (Å²) in [6.07, 6.45) is 0.876. The smallest absolute Gasteiger partial charge is 0.231 e. The molecule has 0 saturated carbocycles. The first kappa shape index (κ1) is 12.1. The average Bonchev–Trinajstić information content (AvgIpc) is 2.81. The van der Waals surface area contributed by atoms with Crippen molar-refractivity contribution in [3.05, 3.63) is 35.2 Å². The lowest BCUT2D eigenvalue weighted by Crippen LogP contribution is -2.11. The third-order valence-corrected chi connectivity index (χ3v) is 3.01. The molecule has 0 spiro atoms. The standard InChI is InChI=1S/C12H14ClN3O/c1-2-8(7-14)12-15-11(16-17-12)9-5-3-4-6-10(9)13/h3-6,8H,2,7,14H2,1H3. The van der Waals surface area contributed by atoms with E-state index in [1.807, 2.05) is 25.1 Å². The minimum atomic E-state index is 0.110. The lowest BCUT2D eigenvalue weighted by atomic mass is 10.1. The highest BCUT2D eigenvalue weighted by Gasteiger charge is 2.17. The van der Waals surface area contributed by atoms with Crippen molar-refractivity contribution in [2.45, 2.75) is 19.3 Å². The minimum Gasteiger partial charge on any atom is -0.339 e. The predicted octanol–water partition coefficient (Wildman–Crippen LogP) is 2.84. The van der Waals surface area contributed by atoms with Crippen LogP contribution in [0.25, 0.3) is 11.4 Å². The number of hydrogen-bond donors (Lipinski definition) is 1. The molecule has 0 amide bonds. The SMILES string of the molecule is CCC(CN)c1nc(-c2ccccc2Cl)no1. The second kappa shape index (κ2) is 5.29. The van der Waals surface area contributed by atoms with Gasteiger partial charge in [0.05, 0.1) is 10.9 Å². The van der Waals surface area contributed by atoms with Crippen LogP contribution >= 0.6 is 11.6 Å². The Morgan fingerprint density at radius 2 is 2.18 bits per heavy atom. The zero-order valence-corrected chi connectivity index (χ0v) is 10.3. The van der Waals surface area contributed by atoms with Crippen molar-refractivity contribution in [3.63, 3.8) is 0 Å². The summed E-state index contributed by atoms with van der Waals surface area (Å²) in [4.78, 5) is 4.34. The Labute approximate surface area is 105 Å². The highest BCUT2D eigenvalue weighted by atomic mass is 35.5.